The second-order valence-corrected chi connectivity index (χ2v) is 6.43. The maximum Gasteiger partial charge on any atom is 0.271 e. The number of non-ortho nitro benzene ring substituents is 1. The van der Waals surface area contributed by atoms with Crippen LogP contribution in [-0.2, 0) is 4.74 Å². The molecule has 21 heavy (non-hydrogen) atoms. The van der Waals surface area contributed by atoms with Gasteiger partial charge in [-0.3, -0.25) is 14.9 Å². The fraction of sp³-hybridized carbons (Fsp3) is 0.462. The van der Waals surface area contributed by atoms with Gasteiger partial charge in [-0.05, 0) is 13.0 Å². The number of ether oxygens (including phenoxy) is 1. The largest absolute Gasteiger partial charge is 0.373 e. The Morgan fingerprint density at radius 1 is 1.52 bits per heavy atom. The number of hydrogen-bond acceptors (Lipinski definition) is 4. The molecule has 0 bridgehead atoms. The van der Waals surface area contributed by atoms with Crippen molar-refractivity contribution >= 4 is 43.5 Å². The molecule has 2 unspecified atom stereocenters. The molecule has 8 heteroatoms. The molecule has 1 saturated heterocycles. The quantitative estimate of drug-likeness (QED) is 0.427. The van der Waals surface area contributed by atoms with Crippen molar-refractivity contribution in [1.82, 2.24) is 4.90 Å². The minimum Gasteiger partial charge on any atom is -0.373 e. The van der Waals surface area contributed by atoms with Gasteiger partial charge in [0.05, 0.1) is 23.7 Å². The zero-order valence-electron chi connectivity index (χ0n) is 11.3. The predicted molar refractivity (Wildman–Crippen MR) is 84.8 cm³/mol. The van der Waals surface area contributed by atoms with Crippen LogP contribution in [0.5, 0.6) is 0 Å². The molecule has 1 amide bonds. The standard InChI is InChI=1S/C13H14Br2N2O4/c1-8-7-21-12(5-14)6-16(8)13(18)9-2-10(15)4-11(3-9)17(19)20/h2-4,8,12H,5-7H2,1H3. The third-order valence-corrected chi connectivity index (χ3v) is 4.46. The third-order valence-electron chi connectivity index (χ3n) is 3.28. The van der Waals surface area contributed by atoms with Crippen LogP contribution in [-0.4, -0.2) is 46.4 Å². The zero-order valence-corrected chi connectivity index (χ0v) is 14.5. The summed E-state index contributed by atoms with van der Waals surface area (Å²) in [5.74, 6) is -0.221. The number of halogens is 2. The molecule has 0 N–H and O–H groups in total. The van der Waals surface area contributed by atoms with Crippen LogP contribution in [0.1, 0.15) is 17.3 Å². The lowest BCUT2D eigenvalue weighted by molar-refractivity contribution is -0.385. The predicted octanol–water partition coefficient (Wildman–Crippen LogP) is 2.98. The number of hydrogen-bond donors (Lipinski definition) is 0. The normalized spacial score (nSPS) is 22.1. The van der Waals surface area contributed by atoms with E-state index in [9.17, 15) is 14.9 Å². The molecule has 0 aromatic heterocycles. The van der Waals surface area contributed by atoms with E-state index in [-0.39, 0.29) is 23.7 Å². The van der Waals surface area contributed by atoms with Crippen LogP contribution in [0.4, 0.5) is 5.69 Å². The van der Waals surface area contributed by atoms with E-state index < -0.39 is 4.92 Å². The van der Waals surface area contributed by atoms with E-state index in [4.69, 9.17) is 4.74 Å². The van der Waals surface area contributed by atoms with Crippen LogP contribution in [0.25, 0.3) is 0 Å². The van der Waals surface area contributed by atoms with Gasteiger partial charge in [0, 0.05) is 34.0 Å². The molecule has 2 rings (SSSR count). The minimum absolute atomic E-state index is 0.0627. The van der Waals surface area contributed by atoms with Crippen LogP contribution in [0, 0.1) is 10.1 Å². The maximum atomic E-state index is 12.6. The number of nitrogens with zero attached hydrogens (tertiary/aromatic N) is 2. The summed E-state index contributed by atoms with van der Waals surface area (Å²) in [5.41, 5.74) is 0.198. The second kappa shape index (κ2) is 6.85. The average molecular weight is 422 g/mol. The number of morpholine rings is 1. The summed E-state index contributed by atoms with van der Waals surface area (Å²) in [7, 11) is 0. The Morgan fingerprint density at radius 3 is 2.86 bits per heavy atom. The summed E-state index contributed by atoms with van der Waals surface area (Å²) < 4.78 is 6.10. The Morgan fingerprint density at radius 2 is 2.24 bits per heavy atom. The summed E-state index contributed by atoms with van der Waals surface area (Å²) >= 11 is 6.55. The van der Waals surface area contributed by atoms with Crippen molar-refractivity contribution in [2.24, 2.45) is 0 Å². The Kier molecular flexibility index (Phi) is 5.34. The number of nitro groups is 1. The Hall–Kier alpha value is -0.990. The lowest BCUT2D eigenvalue weighted by Gasteiger charge is -2.37. The molecular formula is C13H14Br2N2O4. The highest BCUT2D eigenvalue weighted by Gasteiger charge is 2.30. The molecule has 1 fully saturated rings. The van der Waals surface area contributed by atoms with E-state index in [0.29, 0.717) is 28.5 Å². The first-order valence-electron chi connectivity index (χ1n) is 6.36. The number of carbonyl (C=O) groups excluding carboxylic acids is 1. The van der Waals surface area contributed by atoms with Crippen LogP contribution >= 0.6 is 31.9 Å². The van der Waals surface area contributed by atoms with Gasteiger partial charge in [-0.25, -0.2) is 0 Å². The molecule has 1 aromatic rings. The van der Waals surface area contributed by atoms with Crippen molar-refractivity contribution in [3.63, 3.8) is 0 Å². The highest BCUT2D eigenvalue weighted by molar-refractivity contribution is 9.10. The third kappa shape index (κ3) is 3.81. The molecule has 0 radical (unpaired) electrons. The maximum absolute atomic E-state index is 12.6. The lowest BCUT2D eigenvalue weighted by Crippen LogP contribution is -2.51. The van der Waals surface area contributed by atoms with E-state index in [2.05, 4.69) is 31.9 Å². The van der Waals surface area contributed by atoms with E-state index in [1.165, 1.54) is 12.1 Å². The molecule has 114 valence electrons. The van der Waals surface area contributed by atoms with E-state index in [0.717, 1.165) is 0 Å². The molecule has 0 aliphatic carbocycles. The molecule has 2 atom stereocenters. The summed E-state index contributed by atoms with van der Waals surface area (Å²) in [6.07, 6.45) is -0.0627. The van der Waals surface area contributed by atoms with Crippen LogP contribution in [0.15, 0.2) is 22.7 Å². The van der Waals surface area contributed by atoms with Crippen LogP contribution in [0.2, 0.25) is 0 Å². The monoisotopic (exact) mass is 420 g/mol. The lowest BCUT2D eigenvalue weighted by atomic mass is 10.1. The molecule has 1 aromatic carbocycles. The van der Waals surface area contributed by atoms with Crippen molar-refractivity contribution in [1.29, 1.82) is 0 Å². The summed E-state index contributed by atoms with van der Waals surface area (Å²) in [6.45, 7) is 2.82. The van der Waals surface area contributed by atoms with Gasteiger partial charge in [0.2, 0.25) is 0 Å². The Bertz CT molecular complexity index is 567. The van der Waals surface area contributed by atoms with Crippen LogP contribution < -0.4 is 0 Å². The fourth-order valence-electron chi connectivity index (χ4n) is 2.16. The number of benzene rings is 1. The molecule has 0 saturated carbocycles. The van der Waals surface area contributed by atoms with Gasteiger partial charge < -0.3 is 9.64 Å². The van der Waals surface area contributed by atoms with Gasteiger partial charge in [0.25, 0.3) is 11.6 Å². The van der Waals surface area contributed by atoms with Crippen LogP contribution in [0.3, 0.4) is 0 Å². The highest BCUT2D eigenvalue weighted by Crippen LogP contribution is 2.24. The highest BCUT2D eigenvalue weighted by atomic mass is 79.9. The first kappa shape index (κ1) is 16.4. The SMILES string of the molecule is CC1COC(CBr)CN1C(=O)c1cc(Br)cc([N+](=O)[O-])c1. The number of nitro benzene ring substituents is 1. The zero-order chi connectivity index (χ0) is 15.6. The molecule has 1 heterocycles. The fourth-order valence-corrected chi connectivity index (χ4v) is 3.04. The molecule has 1 aliphatic heterocycles. The number of amides is 1. The Labute approximate surface area is 138 Å². The van der Waals surface area contributed by atoms with E-state index in [1.54, 1.807) is 11.0 Å². The number of alkyl halides is 1. The molecule has 6 nitrogen and oxygen atoms in total. The average Bonchev–Trinajstić information content (AvgIpc) is 2.46. The Balaban J connectivity index is 2.28. The molecule has 0 spiro atoms. The van der Waals surface area contributed by atoms with Crippen molar-refractivity contribution < 1.29 is 14.5 Å². The van der Waals surface area contributed by atoms with Crippen molar-refractivity contribution in [2.45, 2.75) is 19.1 Å². The number of rotatable bonds is 3. The van der Waals surface area contributed by atoms with E-state index in [1.807, 2.05) is 6.92 Å². The minimum atomic E-state index is -0.508. The van der Waals surface area contributed by atoms with Gasteiger partial charge in [0.1, 0.15) is 0 Å². The van der Waals surface area contributed by atoms with Crippen molar-refractivity contribution in [3.05, 3.63) is 38.3 Å². The van der Waals surface area contributed by atoms with E-state index >= 15 is 0 Å². The smallest absolute Gasteiger partial charge is 0.271 e. The summed E-state index contributed by atoms with van der Waals surface area (Å²) in [6, 6.07) is 4.21. The topological polar surface area (TPSA) is 72.7 Å². The summed E-state index contributed by atoms with van der Waals surface area (Å²) in [4.78, 5) is 24.7. The van der Waals surface area contributed by atoms with Crippen molar-refractivity contribution in [3.8, 4) is 0 Å². The van der Waals surface area contributed by atoms with Gasteiger partial charge >= 0.3 is 0 Å². The van der Waals surface area contributed by atoms with Crippen molar-refractivity contribution in [2.75, 3.05) is 18.5 Å². The first-order valence-corrected chi connectivity index (χ1v) is 8.27. The first-order chi connectivity index (χ1) is 9.92. The van der Waals surface area contributed by atoms with Gasteiger partial charge in [-0.15, -0.1) is 0 Å². The number of carbonyl (C=O) groups is 1. The van der Waals surface area contributed by atoms with Gasteiger partial charge in [-0.2, -0.15) is 0 Å². The van der Waals surface area contributed by atoms with Gasteiger partial charge in [0.15, 0.2) is 0 Å². The second-order valence-electron chi connectivity index (χ2n) is 4.87. The molecule has 1 aliphatic rings. The van der Waals surface area contributed by atoms with Gasteiger partial charge in [-0.1, -0.05) is 31.9 Å². The molecular weight excluding hydrogens is 408 g/mol. The summed E-state index contributed by atoms with van der Waals surface area (Å²) in [5, 5.41) is 11.5.